The van der Waals surface area contributed by atoms with E-state index in [1.807, 2.05) is 0 Å². The monoisotopic (exact) mass is 732 g/mol. The van der Waals surface area contributed by atoms with Crippen LogP contribution in [0.4, 0.5) is 0 Å². The van der Waals surface area contributed by atoms with Crippen LogP contribution in [0, 0.1) is 0 Å². The number of hydrogen-bond acceptors (Lipinski definition) is 21. The molecule has 4 aliphatic heterocycles. The van der Waals surface area contributed by atoms with Gasteiger partial charge in [-0.05, 0) is 0 Å². The molecule has 4 rings (SSSR count). The van der Waals surface area contributed by atoms with Crippen molar-refractivity contribution in [2.24, 2.45) is 17.2 Å². The fraction of sp³-hybridized carbons (Fsp3) is 0.964. The van der Waals surface area contributed by atoms with Gasteiger partial charge in [0.25, 0.3) is 0 Å². The number of ether oxygens (including phenoxy) is 9. The quantitative estimate of drug-likeness (QED) is 0.0836. The summed E-state index contributed by atoms with van der Waals surface area (Å²) in [5.74, 6) is -0.651. The molecule has 0 aromatic heterocycles. The summed E-state index contributed by atoms with van der Waals surface area (Å²) < 4.78 is 51.0. The normalized spacial score (nSPS) is 48.7. The smallest absolute Gasteiger partial charge is 0.217 e. The maximum atomic E-state index is 12.2. The molecule has 0 spiro atoms. The Morgan fingerprint density at radius 2 is 0.900 bits per heavy atom. The van der Waals surface area contributed by atoms with Crippen molar-refractivity contribution in [3.63, 3.8) is 0 Å². The topological polar surface area (TPSA) is 352 Å². The van der Waals surface area contributed by atoms with Gasteiger partial charge in [-0.25, -0.2) is 0 Å². The molecule has 15 N–H and O–H groups in total. The minimum atomic E-state index is -1.71. The van der Waals surface area contributed by atoms with E-state index in [-0.39, 0.29) is 0 Å². The summed E-state index contributed by atoms with van der Waals surface area (Å²) >= 11 is 0. The zero-order valence-electron chi connectivity index (χ0n) is 27.8. The molecule has 50 heavy (non-hydrogen) atoms. The van der Waals surface area contributed by atoms with E-state index in [9.17, 15) is 45.6 Å². The maximum absolute atomic E-state index is 12.2. The predicted octanol–water partition coefficient (Wildman–Crippen LogP) is -8.40. The number of aliphatic hydroxyl groups excluding tert-OH is 8. The Hall–Kier alpha value is -1.33. The SMILES string of the molecule is CO[C@@H]1OC(CO)C(O[C@@H]2O[C@@H](CO)[C@@H](O[C@@H]3OC(CO)C(O[C@@H]4O[C@@H](CO)[C@@H](OC)C(O)C4N)[C@@H](O)[C@@H]3NC(C)=O)C(O)C2N)[C@@H](O)C1N. The minimum Gasteiger partial charge on any atom is -0.394 e. The molecule has 20 atom stereocenters. The Kier molecular flexibility index (Phi) is 15.0. The molecule has 0 aromatic rings. The Labute approximate surface area is 287 Å². The van der Waals surface area contributed by atoms with Crippen LogP contribution in [0.25, 0.3) is 0 Å². The van der Waals surface area contributed by atoms with Crippen LogP contribution in [0.1, 0.15) is 6.92 Å². The van der Waals surface area contributed by atoms with Crippen LogP contribution < -0.4 is 22.5 Å². The molecular weight excluding hydrogens is 680 g/mol. The van der Waals surface area contributed by atoms with Gasteiger partial charge < -0.3 is 106 Å². The Bertz CT molecular complexity index is 1070. The van der Waals surface area contributed by atoms with Gasteiger partial charge in [0.15, 0.2) is 25.2 Å². The van der Waals surface area contributed by atoms with Crippen molar-refractivity contribution in [1.29, 1.82) is 0 Å². The number of methoxy groups -OCH3 is 2. The number of nitrogens with two attached hydrogens (primary N) is 3. The van der Waals surface area contributed by atoms with Crippen molar-refractivity contribution in [1.82, 2.24) is 5.32 Å². The lowest BCUT2D eigenvalue weighted by Crippen LogP contribution is -2.71. The third-order valence-electron chi connectivity index (χ3n) is 9.30. The first kappa shape index (κ1) is 41.4. The number of rotatable bonds is 13. The highest BCUT2D eigenvalue weighted by molar-refractivity contribution is 5.73. The molecule has 4 aliphatic rings. The van der Waals surface area contributed by atoms with Gasteiger partial charge in [-0.3, -0.25) is 4.79 Å². The number of carbonyl (C=O) groups excluding carboxylic acids is 1. The first-order valence-corrected chi connectivity index (χ1v) is 16.1. The molecule has 4 heterocycles. The minimum absolute atomic E-state index is 0.579. The van der Waals surface area contributed by atoms with E-state index < -0.39 is 155 Å². The average Bonchev–Trinajstić information content (AvgIpc) is 3.10. The molecule has 0 aliphatic carbocycles. The van der Waals surface area contributed by atoms with E-state index >= 15 is 0 Å². The van der Waals surface area contributed by atoms with E-state index in [0.29, 0.717) is 0 Å². The van der Waals surface area contributed by atoms with Crippen molar-refractivity contribution in [2.45, 2.75) is 129 Å². The van der Waals surface area contributed by atoms with Gasteiger partial charge in [-0.2, -0.15) is 0 Å². The van der Waals surface area contributed by atoms with Crippen LogP contribution in [-0.4, -0.2) is 210 Å². The summed E-state index contributed by atoms with van der Waals surface area (Å²) in [6.07, 6.45) is -22.1. The lowest BCUT2D eigenvalue weighted by molar-refractivity contribution is -0.360. The fourth-order valence-electron chi connectivity index (χ4n) is 6.55. The van der Waals surface area contributed by atoms with Crippen molar-refractivity contribution in [3.8, 4) is 0 Å². The van der Waals surface area contributed by atoms with Crippen molar-refractivity contribution in [3.05, 3.63) is 0 Å². The van der Waals surface area contributed by atoms with E-state index in [4.69, 9.17) is 59.8 Å². The van der Waals surface area contributed by atoms with Crippen LogP contribution in [0.5, 0.6) is 0 Å². The molecule has 9 unspecified atom stereocenters. The van der Waals surface area contributed by atoms with Gasteiger partial charge in [0.2, 0.25) is 5.91 Å². The third kappa shape index (κ3) is 8.55. The third-order valence-corrected chi connectivity index (χ3v) is 9.30. The van der Waals surface area contributed by atoms with E-state index in [1.54, 1.807) is 0 Å². The molecule has 22 nitrogen and oxygen atoms in total. The Morgan fingerprint density at radius 3 is 1.30 bits per heavy atom. The summed E-state index contributed by atoms with van der Waals surface area (Å²) in [7, 11) is 2.59. The summed E-state index contributed by atoms with van der Waals surface area (Å²) in [5, 5.41) is 86.7. The van der Waals surface area contributed by atoms with Gasteiger partial charge in [0, 0.05) is 21.1 Å². The Morgan fingerprint density at radius 1 is 0.560 bits per heavy atom. The number of nitrogens with one attached hydrogen (secondary N) is 1. The highest BCUT2D eigenvalue weighted by Crippen LogP contribution is 2.34. The average molecular weight is 733 g/mol. The lowest BCUT2D eigenvalue weighted by atomic mass is 9.93. The summed E-state index contributed by atoms with van der Waals surface area (Å²) in [6.45, 7) is -1.62. The van der Waals surface area contributed by atoms with Crippen LogP contribution in [-0.2, 0) is 47.4 Å². The zero-order chi connectivity index (χ0) is 37.0. The van der Waals surface area contributed by atoms with Gasteiger partial charge in [0.05, 0.1) is 44.6 Å². The molecule has 0 radical (unpaired) electrons. The van der Waals surface area contributed by atoms with Crippen molar-refractivity contribution in [2.75, 3.05) is 40.6 Å². The largest absolute Gasteiger partial charge is 0.394 e. The van der Waals surface area contributed by atoms with E-state index in [1.165, 1.54) is 14.2 Å². The maximum Gasteiger partial charge on any atom is 0.217 e. The first-order valence-electron chi connectivity index (χ1n) is 16.1. The highest BCUT2D eigenvalue weighted by Gasteiger charge is 2.55. The fourth-order valence-corrected chi connectivity index (χ4v) is 6.55. The van der Waals surface area contributed by atoms with Crippen LogP contribution in [0.15, 0.2) is 0 Å². The van der Waals surface area contributed by atoms with Crippen molar-refractivity contribution < 1.29 is 88.3 Å². The zero-order valence-corrected chi connectivity index (χ0v) is 27.8. The second kappa shape index (κ2) is 18.1. The molecule has 4 fully saturated rings. The van der Waals surface area contributed by atoms with Crippen molar-refractivity contribution >= 4 is 5.91 Å². The second-order valence-corrected chi connectivity index (χ2v) is 12.6. The Balaban J connectivity index is 1.51. The summed E-state index contributed by atoms with van der Waals surface area (Å²) in [4.78, 5) is 12.2. The molecule has 0 bridgehead atoms. The molecule has 292 valence electrons. The van der Waals surface area contributed by atoms with Gasteiger partial charge >= 0.3 is 0 Å². The number of hydrogen-bond donors (Lipinski definition) is 12. The number of carbonyl (C=O) groups is 1. The second-order valence-electron chi connectivity index (χ2n) is 12.6. The van der Waals surface area contributed by atoms with E-state index in [2.05, 4.69) is 5.32 Å². The summed E-state index contributed by atoms with van der Waals surface area (Å²) in [5.41, 5.74) is 18.4. The number of amides is 1. The van der Waals surface area contributed by atoms with Crippen LogP contribution >= 0.6 is 0 Å². The van der Waals surface area contributed by atoms with Crippen LogP contribution in [0.2, 0.25) is 0 Å². The van der Waals surface area contributed by atoms with Gasteiger partial charge in [-0.15, -0.1) is 0 Å². The highest BCUT2D eigenvalue weighted by atomic mass is 16.8. The molecule has 4 saturated heterocycles. The van der Waals surface area contributed by atoms with Gasteiger partial charge in [0.1, 0.15) is 79.3 Å². The predicted molar refractivity (Wildman–Crippen MR) is 161 cm³/mol. The molecule has 1 amide bonds. The molecule has 0 saturated carbocycles. The lowest BCUT2D eigenvalue weighted by Gasteiger charge is -2.50. The van der Waals surface area contributed by atoms with Crippen LogP contribution in [0.3, 0.4) is 0 Å². The standard InChI is InChI=1S/C28H52N4O18/c1-8(37)32-16-20(41)24(49-26-14(30)17(38)21(42-2)9(4-33)45-26)12(7-36)47-28(16)50-23-11(6-35)46-27(15(31)19(23)40)48-22-10(5-34)44-25(43-3)13(29)18(22)39/h9-28,33-36,38-41H,4-7,29-31H2,1-3H3,(H,32,37)/t9-,10?,11-,12?,13?,14?,15?,16-,17?,18-,19?,20-,21+,22?,23+,24?,25+,26-,27-,28-/m0/s1. The molecule has 22 heteroatoms. The number of aliphatic hydroxyl groups is 8. The summed E-state index contributed by atoms with van der Waals surface area (Å²) in [6, 6.07) is -5.21. The molecular formula is C28H52N4O18. The van der Waals surface area contributed by atoms with Gasteiger partial charge in [-0.1, -0.05) is 0 Å². The molecule has 0 aromatic carbocycles. The van der Waals surface area contributed by atoms with E-state index in [0.717, 1.165) is 6.92 Å². The first-order chi connectivity index (χ1) is 23.8.